The molecule has 0 aliphatic heterocycles. The van der Waals surface area contributed by atoms with Crippen LogP contribution in [0, 0.1) is 13.8 Å². The van der Waals surface area contributed by atoms with Gasteiger partial charge in [0.25, 0.3) is 0 Å². The average molecular weight is 215 g/mol. The molecule has 0 saturated heterocycles. The summed E-state index contributed by atoms with van der Waals surface area (Å²) in [5.74, 6) is 0.0751. The van der Waals surface area contributed by atoms with E-state index in [9.17, 15) is 5.11 Å². The third kappa shape index (κ3) is 2.02. The SMILES string of the molecule is Cc1cc(C(CO)c2ccccc2)c(C)[nH]1. The van der Waals surface area contributed by atoms with E-state index in [2.05, 4.69) is 23.2 Å². The highest BCUT2D eigenvalue weighted by Gasteiger charge is 2.16. The standard InChI is InChI=1S/C14H17NO/c1-10-8-13(11(2)15-10)14(9-16)12-6-4-3-5-7-12/h3-8,14-16H,9H2,1-2H3. The molecule has 1 unspecified atom stereocenters. The molecule has 1 aromatic carbocycles. The molecule has 84 valence electrons. The molecule has 1 atom stereocenters. The molecule has 1 aromatic heterocycles. The van der Waals surface area contributed by atoms with Crippen molar-refractivity contribution in [2.75, 3.05) is 6.61 Å². The zero-order valence-corrected chi connectivity index (χ0v) is 9.70. The zero-order valence-electron chi connectivity index (χ0n) is 9.70. The molecule has 2 rings (SSSR count). The minimum Gasteiger partial charge on any atom is -0.395 e. The van der Waals surface area contributed by atoms with Crippen LogP contribution in [0.15, 0.2) is 36.4 Å². The van der Waals surface area contributed by atoms with E-state index in [1.165, 1.54) is 5.56 Å². The lowest BCUT2D eigenvalue weighted by Gasteiger charge is -2.14. The molecular weight excluding hydrogens is 198 g/mol. The first-order valence-electron chi connectivity index (χ1n) is 5.54. The second kappa shape index (κ2) is 4.54. The number of benzene rings is 1. The minimum absolute atomic E-state index is 0.0751. The summed E-state index contributed by atoms with van der Waals surface area (Å²) in [6.45, 7) is 4.23. The molecule has 0 fully saturated rings. The van der Waals surface area contributed by atoms with Crippen LogP contribution in [0.4, 0.5) is 0 Å². The maximum Gasteiger partial charge on any atom is 0.0541 e. The first-order chi connectivity index (χ1) is 7.72. The molecule has 2 nitrogen and oxygen atoms in total. The van der Waals surface area contributed by atoms with Gasteiger partial charge >= 0.3 is 0 Å². The maximum atomic E-state index is 9.55. The normalized spacial score (nSPS) is 12.7. The summed E-state index contributed by atoms with van der Waals surface area (Å²) in [4.78, 5) is 3.28. The molecule has 1 heterocycles. The van der Waals surface area contributed by atoms with Crippen LogP contribution in [0.2, 0.25) is 0 Å². The van der Waals surface area contributed by atoms with Gasteiger partial charge in [-0.25, -0.2) is 0 Å². The van der Waals surface area contributed by atoms with Gasteiger partial charge < -0.3 is 10.1 Å². The van der Waals surface area contributed by atoms with Crippen molar-refractivity contribution in [3.05, 3.63) is 58.9 Å². The lowest BCUT2D eigenvalue weighted by Crippen LogP contribution is -2.06. The second-order valence-electron chi connectivity index (χ2n) is 4.18. The van der Waals surface area contributed by atoms with Crippen LogP contribution in [0.5, 0.6) is 0 Å². The molecule has 2 heteroatoms. The van der Waals surface area contributed by atoms with E-state index in [4.69, 9.17) is 0 Å². The summed E-state index contributed by atoms with van der Waals surface area (Å²) in [6.07, 6.45) is 0. The lowest BCUT2D eigenvalue weighted by atomic mass is 9.92. The van der Waals surface area contributed by atoms with Gasteiger partial charge in [0.1, 0.15) is 0 Å². The molecular formula is C14H17NO. The van der Waals surface area contributed by atoms with Gasteiger partial charge in [-0.05, 0) is 31.0 Å². The van der Waals surface area contributed by atoms with Crippen LogP contribution in [-0.2, 0) is 0 Å². The Morgan fingerprint density at radius 3 is 2.38 bits per heavy atom. The molecule has 0 aliphatic carbocycles. The number of aromatic amines is 1. The van der Waals surface area contributed by atoms with Crippen LogP contribution in [0.25, 0.3) is 0 Å². The van der Waals surface area contributed by atoms with Crippen LogP contribution < -0.4 is 0 Å². The van der Waals surface area contributed by atoms with Crippen molar-refractivity contribution >= 4 is 0 Å². The van der Waals surface area contributed by atoms with Gasteiger partial charge in [0, 0.05) is 17.3 Å². The smallest absolute Gasteiger partial charge is 0.0541 e. The average Bonchev–Trinajstić information content (AvgIpc) is 2.61. The number of nitrogens with one attached hydrogen (secondary N) is 1. The van der Waals surface area contributed by atoms with Gasteiger partial charge in [-0.1, -0.05) is 30.3 Å². The zero-order chi connectivity index (χ0) is 11.5. The van der Waals surface area contributed by atoms with Gasteiger partial charge in [0.05, 0.1) is 6.61 Å². The summed E-state index contributed by atoms with van der Waals surface area (Å²) in [5.41, 5.74) is 4.63. The largest absolute Gasteiger partial charge is 0.395 e. The van der Waals surface area contributed by atoms with Gasteiger partial charge in [-0.15, -0.1) is 0 Å². The second-order valence-corrected chi connectivity index (χ2v) is 4.18. The number of rotatable bonds is 3. The number of aryl methyl sites for hydroxylation is 2. The highest BCUT2D eigenvalue weighted by molar-refractivity contribution is 5.36. The minimum atomic E-state index is 0.0751. The van der Waals surface area contributed by atoms with E-state index in [-0.39, 0.29) is 12.5 Å². The van der Waals surface area contributed by atoms with E-state index in [0.717, 1.165) is 17.0 Å². The number of aliphatic hydroxyl groups excluding tert-OH is 1. The number of aliphatic hydroxyl groups is 1. The molecule has 2 aromatic rings. The fraction of sp³-hybridized carbons (Fsp3) is 0.286. The van der Waals surface area contributed by atoms with Crippen LogP contribution in [0.1, 0.15) is 28.4 Å². The Bertz CT molecular complexity index is 459. The van der Waals surface area contributed by atoms with E-state index in [1.54, 1.807) is 0 Å². The van der Waals surface area contributed by atoms with Crippen molar-refractivity contribution in [3.8, 4) is 0 Å². The Morgan fingerprint density at radius 1 is 1.19 bits per heavy atom. The predicted molar refractivity (Wildman–Crippen MR) is 65.6 cm³/mol. The summed E-state index contributed by atoms with van der Waals surface area (Å²) in [7, 11) is 0. The third-order valence-electron chi connectivity index (χ3n) is 2.95. The number of hydrogen-bond donors (Lipinski definition) is 2. The third-order valence-corrected chi connectivity index (χ3v) is 2.95. The quantitative estimate of drug-likeness (QED) is 0.811. The number of hydrogen-bond acceptors (Lipinski definition) is 1. The Balaban J connectivity index is 2.40. The Labute approximate surface area is 96.0 Å². The number of aromatic nitrogens is 1. The van der Waals surface area contributed by atoms with Crippen molar-refractivity contribution in [1.29, 1.82) is 0 Å². The molecule has 0 aliphatic rings. The van der Waals surface area contributed by atoms with Crippen molar-refractivity contribution in [2.45, 2.75) is 19.8 Å². The Kier molecular flexibility index (Phi) is 3.11. The summed E-state index contributed by atoms with van der Waals surface area (Å²) in [6, 6.07) is 12.2. The fourth-order valence-corrected chi connectivity index (χ4v) is 2.18. The first kappa shape index (κ1) is 11.0. The fourth-order valence-electron chi connectivity index (χ4n) is 2.18. The van der Waals surface area contributed by atoms with Crippen LogP contribution in [0.3, 0.4) is 0 Å². The summed E-state index contributed by atoms with van der Waals surface area (Å²) in [5, 5.41) is 9.55. The van der Waals surface area contributed by atoms with Crippen molar-refractivity contribution in [3.63, 3.8) is 0 Å². The molecule has 0 bridgehead atoms. The molecule has 16 heavy (non-hydrogen) atoms. The molecule has 0 spiro atoms. The highest BCUT2D eigenvalue weighted by atomic mass is 16.3. The van der Waals surface area contributed by atoms with Crippen molar-refractivity contribution in [2.24, 2.45) is 0 Å². The van der Waals surface area contributed by atoms with Crippen LogP contribution in [-0.4, -0.2) is 16.7 Å². The van der Waals surface area contributed by atoms with Gasteiger partial charge in [-0.3, -0.25) is 0 Å². The number of H-pyrrole nitrogens is 1. The molecule has 2 N–H and O–H groups in total. The van der Waals surface area contributed by atoms with E-state index in [0.29, 0.717) is 0 Å². The molecule has 0 radical (unpaired) electrons. The van der Waals surface area contributed by atoms with Crippen molar-refractivity contribution < 1.29 is 5.11 Å². The molecule has 0 amide bonds. The summed E-state index contributed by atoms with van der Waals surface area (Å²) >= 11 is 0. The maximum absolute atomic E-state index is 9.55. The van der Waals surface area contributed by atoms with E-state index >= 15 is 0 Å². The van der Waals surface area contributed by atoms with E-state index < -0.39 is 0 Å². The molecule has 0 saturated carbocycles. The predicted octanol–water partition coefficient (Wildman–Crippen LogP) is 2.76. The lowest BCUT2D eigenvalue weighted by molar-refractivity contribution is 0.280. The summed E-state index contributed by atoms with van der Waals surface area (Å²) < 4.78 is 0. The highest BCUT2D eigenvalue weighted by Crippen LogP contribution is 2.27. The van der Waals surface area contributed by atoms with Gasteiger partial charge in [0.2, 0.25) is 0 Å². The van der Waals surface area contributed by atoms with Crippen molar-refractivity contribution in [1.82, 2.24) is 4.98 Å². The Morgan fingerprint density at radius 2 is 1.88 bits per heavy atom. The topological polar surface area (TPSA) is 36.0 Å². The Hall–Kier alpha value is -1.54. The van der Waals surface area contributed by atoms with Gasteiger partial charge in [-0.2, -0.15) is 0 Å². The monoisotopic (exact) mass is 215 g/mol. The van der Waals surface area contributed by atoms with E-state index in [1.807, 2.05) is 32.0 Å². The van der Waals surface area contributed by atoms with Crippen LogP contribution >= 0.6 is 0 Å². The van der Waals surface area contributed by atoms with Gasteiger partial charge in [0.15, 0.2) is 0 Å². The first-order valence-corrected chi connectivity index (χ1v) is 5.54.